The molecule has 3 atom stereocenters. The van der Waals surface area contributed by atoms with Gasteiger partial charge in [0.05, 0.1) is 12.0 Å². The largest absolute Gasteiger partial charge is 0.468 e. The van der Waals surface area contributed by atoms with Crippen molar-refractivity contribution in [2.75, 3.05) is 12.4 Å². The van der Waals surface area contributed by atoms with Gasteiger partial charge in [-0.1, -0.05) is 35.9 Å². The highest BCUT2D eigenvalue weighted by molar-refractivity contribution is 7.89. The molecule has 3 aromatic rings. The van der Waals surface area contributed by atoms with E-state index in [1.54, 1.807) is 36.4 Å². The first-order chi connectivity index (χ1) is 16.1. The number of hydrogen-bond acceptors (Lipinski definition) is 7. The van der Waals surface area contributed by atoms with Gasteiger partial charge in [0.15, 0.2) is 0 Å². The first-order valence-corrected chi connectivity index (χ1v) is 12.0. The van der Waals surface area contributed by atoms with Crippen LogP contribution in [0.4, 0.5) is 5.69 Å². The molecular formula is C22H23N5O6S. The number of carbonyl (C=O) groups excluding carboxylic acids is 1. The van der Waals surface area contributed by atoms with E-state index in [0.717, 1.165) is 19.1 Å². The van der Waals surface area contributed by atoms with Crippen LogP contribution in [0.15, 0.2) is 63.0 Å². The van der Waals surface area contributed by atoms with E-state index in [-0.39, 0.29) is 11.3 Å². The standard InChI is InChI=1S/C22H23N5O6S/c1-13-8-10-14(11-9-13)34(31,32)26-17(18(28)33-3)12-22(27-21(30)25(2)20(29)24-27)15-6-4-5-7-16(15)23-19(22)26/h4-11,17,19,23H,12H2,1-3H3,(H,24,29)/t17-,19?,22?/m0/s1. The number of rotatable bonds is 4. The summed E-state index contributed by atoms with van der Waals surface area (Å²) in [6.07, 6.45) is -1.21. The zero-order valence-electron chi connectivity index (χ0n) is 18.7. The number of ether oxygens (including phenoxy) is 1. The number of sulfonamides is 1. The minimum absolute atomic E-state index is 0.00513. The number of fused-ring (bicyclic) bond motifs is 3. The summed E-state index contributed by atoms with van der Waals surface area (Å²) >= 11 is 0. The van der Waals surface area contributed by atoms with E-state index in [9.17, 15) is 22.8 Å². The Hall–Kier alpha value is -3.64. The Labute approximate surface area is 194 Å². The van der Waals surface area contributed by atoms with Gasteiger partial charge in [-0.15, -0.1) is 0 Å². The van der Waals surface area contributed by atoms with Crippen molar-refractivity contribution in [3.05, 3.63) is 80.6 Å². The number of methoxy groups -OCH3 is 1. The summed E-state index contributed by atoms with van der Waals surface area (Å²) in [6.45, 7) is 1.84. The Morgan fingerprint density at radius 1 is 1.12 bits per heavy atom. The molecule has 2 aliphatic rings. The van der Waals surface area contributed by atoms with E-state index in [4.69, 9.17) is 4.74 Å². The van der Waals surface area contributed by atoms with Crippen LogP contribution in [0, 0.1) is 6.92 Å². The van der Waals surface area contributed by atoms with Crippen LogP contribution in [-0.2, 0) is 32.1 Å². The highest BCUT2D eigenvalue weighted by atomic mass is 32.2. The second-order valence-corrected chi connectivity index (χ2v) is 10.3. The molecule has 0 aliphatic carbocycles. The van der Waals surface area contributed by atoms with E-state index < -0.39 is 45.1 Å². The maximum absolute atomic E-state index is 13.9. The third kappa shape index (κ3) is 2.85. The Balaban J connectivity index is 1.80. The summed E-state index contributed by atoms with van der Waals surface area (Å²) in [7, 11) is -1.74. The third-order valence-electron chi connectivity index (χ3n) is 6.66. The molecular weight excluding hydrogens is 462 g/mol. The molecule has 2 aliphatic heterocycles. The zero-order valence-corrected chi connectivity index (χ0v) is 19.5. The number of aromatic nitrogens is 3. The maximum atomic E-state index is 13.9. The van der Waals surface area contributed by atoms with Gasteiger partial charge in [0, 0.05) is 24.7 Å². The molecule has 11 nitrogen and oxygen atoms in total. The van der Waals surface area contributed by atoms with Gasteiger partial charge in [-0.05, 0) is 25.1 Å². The quantitative estimate of drug-likeness (QED) is 0.508. The van der Waals surface area contributed by atoms with Crippen LogP contribution in [0.1, 0.15) is 17.5 Å². The van der Waals surface area contributed by atoms with Crippen LogP contribution in [0.3, 0.4) is 0 Å². The predicted molar refractivity (Wildman–Crippen MR) is 122 cm³/mol. The minimum Gasteiger partial charge on any atom is -0.468 e. The number of anilines is 1. The Morgan fingerprint density at radius 2 is 1.79 bits per heavy atom. The highest BCUT2D eigenvalue weighted by Gasteiger charge is 2.65. The number of hydrogen-bond donors (Lipinski definition) is 2. The van der Waals surface area contributed by atoms with Gasteiger partial charge < -0.3 is 10.1 Å². The van der Waals surface area contributed by atoms with Crippen molar-refractivity contribution >= 4 is 21.7 Å². The molecule has 3 heterocycles. The summed E-state index contributed by atoms with van der Waals surface area (Å²) in [5, 5.41) is 5.74. The molecule has 0 amide bonds. The molecule has 0 bridgehead atoms. The first-order valence-electron chi connectivity index (χ1n) is 10.6. The van der Waals surface area contributed by atoms with Gasteiger partial charge >= 0.3 is 17.3 Å². The van der Waals surface area contributed by atoms with Gasteiger partial charge in [0.2, 0.25) is 10.0 Å². The van der Waals surface area contributed by atoms with E-state index in [1.807, 2.05) is 6.92 Å². The highest BCUT2D eigenvalue weighted by Crippen LogP contribution is 2.52. The fraction of sp³-hybridized carbons (Fsp3) is 0.318. The number of esters is 1. The van der Waals surface area contributed by atoms with Crippen molar-refractivity contribution in [2.45, 2.75) is 36.0 Å². The normalized spacial score (nSPS) is 23.9. The maximum Gasteiger partial charge on any atom is 0.347 e. The van der Waals surface area contributed by atoms with Crippen LogP contribution in [0.5, 0.6) is 0 Å². The monoisotopic (exact) mass is 485 g/mol. The number of para-hydroxylation sites is 1. The summed E-state index contributed by atoms with van der Waals surface area (Å²) in [5.41, 5.74) is -0.663. The van der Waals surface area contributed by atoms with Crippen molar-refractivity contribution in [3.8, 4) is 0 Å². The molecule has 1 aromatic heterocycles. The lowest BCUT2D eigenvalue weighted by Gasteiger charge is -2.32. The average Bonchev–Trinajstić information content (AvgIpc) is 3.41. The lowest BCUT2D eigenvalue weighted by Crippen LogP contribution is -2.53. The second-order valence-electron chi connectivity index (χ2n) is 8.50. The molecule has 178 valence electrons. The van der Waals surface area contributed by atoms with Crippen LogP contribution >= 0.6 is 0 Å². The molecule has 1 fully saturated rings. The number of nitrogens with one attached hydrogen (secondary N) is 2. The SMILES string of the molecule is COC(=O)[C@@H]1CC2(n3[nH]c(=O)n(C)c3=O)c3ccccc3NC2N1S(=O)(=O)c1ccc(C)cc1. The number of aryl methyl sites for hydroxylation is 1. The van der Waals surface area contributed by atoms with Crippen molar-refractivity contribution in [1.29, 1.82) is 0 Å². The number of H-pyrrole nitrogens is 1. The molecule has 0 spiro atoms. The molecule has 2 unspecified atom stereocenters. The summed E-state index contributed by atoms with van der Waals surface area (Å²) < 4.78 is 35.9. The van der Waals surface area contributed by atoms with Crippen molar-refractivity contribution in [1.82, 2.24) is 18.7 Å². The van der Waals surface area contributed by atoms with Crippen LogP contribution in [0.2, 0.25) is 0 Å². The molecule has 12 heteroatoms. The fourth-order valence-corrected chi connectivity index (χ4v) is 6.71. The topological polar surface area (TPSA) is 136 Å². The average molecular weight is 486 g/mol. The molecule has 34 heavy (non-hydrogen) atoms. The number of nitrogens with zero attached hydrogens (tertiary/aromatic N) is 3. The van der Waals surface area contributed by atoms with Gasteiger partial charge in [-0.3, -0.25) is 4.79 Å². The molecule has 0 radical (unpaired) electrons. The molecule has 2 aromatic carbocycles. The van der Waals surface area contributed by atoms with Crippen molar-refractivity contribution < 1.29 is 17.9 Å². The van der Waals surface area contributed by atoms with E-state index in [0.29, 0.717) is 11.3 Å². The fourth-order valence-electron chi connectivity index (χ4n) is 4.98. The Morgan fingerprint density at radius 3 is 2.41 bits per heavy atom. The van der Waals surface area contributed by atoms with Gasteiger partial charge in [0.25, 0.3) is 0 Å². The third-order valence-corrected chi connectivity index (χ3v) is 8.55. The molecule has 2 N–H and O–H groups in total. The van der Waals surface area contributed by atoms with Crippen LogP contribution in [0.25, 0.3) is 0 Å². The lowest BCUT2D eigenvalue weighted by atomic mass is 9.87. The lowest BCUT2D eigenvalue weighted by molar-refractivity contribution is -0.144. The zero-order chi connectivity index (χ0) is 24.4. The summed E-state index contributed by atoms with van der Waals surface area (Å²) in [4.78, 5) is 38.4. The van der Waals surface area contributed by atoms with Crippen LogP contribution < -0.4 is 16.7 Å². The molecule has 0 saturated carbocycles. The second kappa shape index (κ2) is 7.43. The minimum atomic E-state index is -4.24. The smallest absolute Gasteiger partial charge is 0.347 e. The van der Waals surface area contributed by atoms with Crippen molar-refractivity contribution in [2.24, 2.45) is 7.05 Å². The van der Waals surface area contributed by atoms with Crippen molar-refractivity contribution in [3.63, 3.8) is 0 Å². The predicted octanol–water partition coefficient (Wildman–Crippen LogP) is 0.315. The van der Waals surface area contributed by atoms with E-state index in [1.165, 1.54) is 26.3 Å². The van der Waals surface area contributed by atoms with Gasteiger partial charge in [0.1, 0.15) is 17.7 Å². The number of carbonyl (C=O) groups is 1. The van der Waals surface area contributed by atoms with Gasteiger partial charge in [-0.25, -0.2) is 32.4 Å². The first kappa shape index (κ1) is 22.2. The summed E-state index contributed by atoms with van der Waals surface area (Å²) in [6, 6.07) is 12.0. The number of aromatic amines is 1. The molecule has 5 rings (SSSR count). The van der Waals surface area contributed by atoms with E-state index in [2.05, 4.69) is 10.4 Å². The Kier molecular flexibility index (Phi) is 4.85. The van der Waals surface area contributed by atoms with Crippen LogP contribution in [-0.4, -0.2) is 52.4 Å². The summed E-state index contributed by atoms with van der Waals surface area (Å²) in [5.74, 6) is -0.768. The van der Waals surface area contributed by atoms with Gasteiger partial charge in [-0.2, -0.15) is 4.31 Å². The molecule has 1 saturated heterocycles. The number of benzene rings is 2. The van der Waals surface area contributed by atoms with E-state index >= 15 is 0 Å². The Bertz CT molecular complexity index is 1520.